The smallest absolute Gasteiger partial charge is 0.303 e. The third-order valence-electron chi connectivity index (χ3n) is 6.43. The first-order valence-electron chi connectivity index (χ1n) is 8.20. The minimum atomic E-state index is -0.599. The summed E-state index contributed by atoms with van der Waals surface area (Å²) in [6, 6.07) is 2.29. The van der Waals surface area contributed by atoms with Crippen molar-refractivity contribution in [3.8, 4) is 0 Å². The maximum Gasteiger partial charge on any atom is 0.303 e. The molecule has 5 unspecified atom stereocenters. The molecule has 4 fully saturated rings. The van der Waals surface area contributed by atoms with Crippen LogP contribution in [0.15, 0.2) is 0 Å². The molecule has 2 aliphatic heterocycles. The van der Waals surface area contributed by atoms with Gasteiger partial charge in [-0.3, -0.25) is 9.69 Å². The Hall–Kier alpha value is -0.570. The zero-order valence-corrected chi connectivity index (χ0v) is 11.6. The maximum atomic E-state index is 10.9. The first kappa shape index (κ1) is 12.2. The molecule has 2 saturated heterocycles. The van der Waals surface area contributed by atoms with E-state index in [1.54, 1.807) is 0 Å². The Balaban J connectivity index is 1.46. The van der Waals surface area contributed by atoms with E-state index in [0.717, 1.165) is 30.7 Å². The number of hydrogen-bond acceptors (Lipinski definition) is 2. The van der Waals surface area contributed by atoms with Crippen molar-refractivity contribution in [1.29, 1.82) is 0 Å². The van der Waals surface area contributed by atoms with Crippen LogP contribution in [0.2, 0.25) is 0 Å². The molecule has 2 heterocycles. The molecule has 106 valence electrons. The summed E-state index contributed by atoms with van der Waals surface area (Å²) in [7, 11) is 0. The zero-order valence-electron chi connectivity index (χ0n) is 11.6. The lowest BCUT2D eigenvalue weighted by Gasteiger charge is -2.45. The third kappa shape index (κ3) is 2.01. The van der Waals surface area contributed by atoms with Gasteiger partial charge in [-0.2, -0.15) is 0 Å². The summed E-state index contributed by atoms with van der Waals surface area (Å²) in [4.78, 5) is 13.8. The highest BCUT2D eigenvalue weighted by atomic mass is 16.4. The molecule has 0 radical (unpaired) electrons. The van der Waals surface area contributed by atoms with Crippen LogP contribution >= 0.6 is 0 Å². The molecule has 0 aromatic carbocycles. The summed E-state index contributed by atoms with van der Waals surface area (Å²) in [6.45, 7) is 0. The Morgan fingerprint density at radius 3 is 2.26 bits per heavy atom. The van der Waals surface area contributed by atoms with Crippen LogP contribution in [-0.4, -0.2) is 34.1 Å². The van der Waals surface area contributed by atoms with E-state index in [2.05, 4.69) is 4.90 Å². The standard InChI is InChI=1S/C16H25NO2/c18-16(19)9-11-6-13-3-4-14(7-11)17(13)15-8-10-1-2-12(15)5-10/h10-15H,1-9H2,(H,18,19). The highest BCUT2D eigenvalue weighted by Gasteiger charge is 2.50. The van der Waals surface area contributed by atoms with Crippen molar-refractivity contribution in [2.75, 3.05) is 0 Å². The van der Waals surface area contributed by atoms with Crippen LogP contribution in [0, 0.1) is 17.8 Å². The highest BCUT2D eigenvalue weighted by Crippen LogP contribution is 2.51. The molecular formula is C16H25NO2. The van der Waals surface area contributed by atoms with Crippen molar-refractivity contribution < 1.29 is 9.90 Å². The van der Waals surface area contributed by atoms with Crippen molar-refractivity contribution in [3.63, 3.8) is 0 Å². The molecule has 4 aliphatic rings. The molecule has 0 amide bonds. The van der Waals surface area contributed by atoms with Gasteiger partial charge in [-0.05, 0) is 62.7 Å². The number of hydrogen-bond donors (Lipinski definition) is 1. The van der Waals surface area contributed by atoms with Gasteiger partial charge >= 0.3 is 5.97 Å². The number of carboxylic acid groups (broad SMARTS) is 1. The van der Waals surface area contributed by atoms with Gasteiger partial charge < -0.3 is 5.11 Å². The van der Waals surface area contributed by atoms with E-state index in [4.69, 9.17) is 5.11 Å². The van der Waals surface area contributed by atoms with Gasteiger partial charge in [0, 0.05) is 24.5 Å². The van der Waals surface area contributed by atoms with E-state index in [0.29, 0.717) is 24.4 Å². The number of rotatable bonds is 3. The minimum absolute atomic E-state index is 0.400. The first-order chi connectivity index (χ1) is 9.20. The average molecular weight is 263 g/mol. The van der Waals surface area contributed by atoms with Crippen molar-refractivity contribution in [3.05, 3.63) is 0 Å². The fraction of sp³-hybridized carbons (Fsp3) is 0.938. The largest absolute Gasteiger partial charge is 0.481 e. The summed E-state index contributed by atoms with van der Waals surface area (Å²) in [5.74, 6) is 1.85. The molecule has 0 aromatic rings. The minimum Gasteiger partial charge on any atom is -0.481 e. The van der Waals surface area contributed by atoms with Gasteiger partial charge in [-0.25, -0.2) is 0 Å². The van der Waals surface area contributed by atoms with E-state index in [9.17, 15) is 4.79 Å². The van der Waals surface area contributed by atoms with Crippen LogP contribution in [0.4, 0.5) is 0 Å². The lowest BCUT2D eigenvalue weighted by molar-refractivity contribution is -0.138. The Bertz CT molecular complexity index is 369. The van der Waals surface area contributed by atoms with Gasteiger partial charge in [-0.1, -0.05) is 6.42 Å². The molecule has 3 nitrogen and oxygen atoms in total. The van der Waals surface area contributed by atoms with E-state index < -0.39 is 5.97 Å². The maximum absolute atomic E-state index is 10.9. The van der Waals surface area contributed by atoms with Crippen LogP contribution in [0.3, 0.4) is 0 Å². The van der Waals surface area contributed by atoms with Crippen LogP contribution in [0.1, 0.15) is 57.8 Å². The van der Waals surface area contributed by atoms with E-state index in [-0.39, 0.29) is 0 Å². The predicted molar refractivity (Wildman–Crippen MR) is 72.9 cm³/mol. The lowest BCUT2D eigenvalue weighted by atomic mass is 9.84. The molecule has 0 spiro atoms. The number of piperidine rings is 1. The summed E-state index contributed by atoms with van der Waals surface area (Å²) >= 11 is 0. The number of nitrogens with zero attached hydrogens (tertiary/aromatic N) is 1. The van der Waals surface area contributed by atoms with Gasteiger partial charge in [0.2, 0.25) is 0 Å². The van der Waals surface area contributed by atoms with Gasteiger partial charge in [0.05, 0.1) is 0 Å². The van der Waals surface area contributed by atoms with Gasteiger partial charge in [0.15, 0.2) is 0 Å². The second kappa shape index (κ2) is 4.47. The number of fused-ring (bicyclic) bond motifs is 4. The van der Waals surface area contributed by atoms with Crippen molar-refractivity contribution in [2.24, 2.45) is 17.8 Å². The first-order valence-corrected chi connectivity index (χ1v) is 8.20. The van der Waals surface area contributed by atoms with Crippen molar-refractivity contribution >= 4 is 5.97 Å². The van der Waals surface area contributed by atoms with Gasteiger partial charge in [0.1, 0.15) is 0 Å². The fourth-order valence-electron chi connectivity index (χ4n) is 5.86. The van der Waals surface area contributed by atoms with Crippen molar-refractivity contribution in [2.45, 2.75) is 75.9 Å². The van der Waals surface area contributed by atoms with Crippen LogP contribution in [0.5, 0.6) is 0 Å². The summed E-state index contributed by atoms with van der Waals surface area (Å²) in [6.07, 6.45) is 11.2. The molecule has 5 atom stereocenters. The summed E-state index contributed by atoms with van der Waals surface area (Å²) in [5.41, 5.74) is 0. The van der Waals surface area contributed by atoms with Crippen LogP contribution in [-0.2, 0) is 4.79 Å². The van der Waals surface area contributed by atoms with Gasteiger partial charge in [-0.15, -0.1) is 0 Å². The number of aliphatic carboxylic acids is 1. The topological polar surface area (TPSA) is 40.5 Å². The van der Waals surface area contributed by atoms with Crippen LogP contribution < -0.4 is 0 Å². The Morgan fingerprint density at radius 1 is 1.00 bits per heavy atom. The zero-order chi connectivity index (χ0) is 13.0. The highest BCUT2D eigenvalue weighted by molar-refractivity contribution is 5.67. The van der Waals surface area contributed by atoms with E-state index >= 15 is 0 Å². The fourth-order valence-corrected chi connectivity index (χ4v) is 5.86. The van der Waals surface area contributed by atoms with E-state index in [1.807, 2.05) is 0 Å². The molecule has 0 aromatic heterocycles. The summed E-state index contributed by atoms with van der Waals surface area (Å²) < 4.78 is 0. The Kier molecular flexibility index (Phi) is 2.87. The molecular weight excluding hydrogens is 238 g/mol. The second-order valence-corrected chi connectivity index (χ2v) is 7.51. The third-order valence-corrected chi connectivity index (χ3v) is 6.43. The quantitative estimate of drug-likeness (QED) is 0.851. The SMILES string of the molecule is O=C(O)CC1CC2CCC(C1)N2C1CC2CCC1C2. The average Bonchev–Trinajstić information content (AvgIpc) is 3.02. The summed E-state index contributed by atoms with van der Waals surface area (Å²) in [5, 5.41) is 9.01. The molecule has 2 saturated carbocycles. The molecule has 2 aliphatic carbocycles. The normalized spacial score (nSPS) is 48.8. The predicted octanol–water partition coefficient (Wildman–Crippen LogP) is 2.89. The molecule has 4 bridgehead atoms. The monoisotopic (exact) mass is 263 g/mol. The number of carboxylic acids is 1. The Labute approximate surface area is 115 Å². The Morgan fingerprint density at radius 2 is 1.74 bits per heavy atom. The van der Waals surface area contributed by atoms with Gasteiger partial charge in [0.25, 0.3) is 0 Å². The lowest BCUT2D eigenvalue weighted by Crippen LogP contribution is -2.50. The molecule has 1 N–H and O–H groups in total. The van der Waals surface area contributed by atoms with E-state index in [1.165, 1.54) is 38.5 Å². The van der Waals surface area contributed by atoms with Crippen molar-refractivity contribution in [1.82, 2.24) is 4.90 Å². The van der Waals surface area contributed by atoms with Crippen LogP contribution in [0.25, 0.3) is 0 Å². The molecule has 4 rings (SSSR count). The molecule has 3 heteroatoms. The second-order valence-electron chi connectivity index (χ2n) is 7.51. The number of carbonyl (C=O) groups is 1. The molecule has 19 heavy (non-hydrogen) atoms.